The third-order valence-electron chi connectivity index (χ3n) is 3.79. The number of carbonyl (C=O) groups excluding carboxylic acids is 1. The lowest BCUT2D eigenvalue weighted by Crippen LogP contribution is -2.35. The molecule has 1 amide bonds. The van der Waals surface area contributed by atoms with Gasteiger partial charge in [0.25, 0.3) is 0 Å². The highest BCUT2D eigenvalue weighted by Crippen LogP contribution is 2.30. The molecule has 8 heteroatoms. The van der Waals surface area contributed by atoms with Crippen molar-refractivity contribution in [3.05, 3.63) is 35.4 Å². The molecule has 0 aliphatic carbocycles. The number of primary sulfonamides is 1. The predicted octanol–water partition coefficient (Wildman–Crippen LogP) is 0.400. The number of carbonyl (C=O) groups is 2. The number of rotatable bonds is 5. The number of benzene rings is 1. The fourth-order valence-electron chi connectivity index (χ4n) is 2.58. The Morgan fingerprint density at radius 2 is 2.00 bits per heavy atom. The van der Waals surface area contributed by atoms with Gasteiger partial charge < -0.3 is 10.0 Å². The predicted molar refractivity (Wildman–Crippen MR) is 79.4 cm³/mol. The van der Waals surface area contributed by atoms with Crippen LogP contribution in [0.1, 0.15) is 30.0 Å². The first kappa shape index (κ1) is 16.4. The Morgan fingerprint density at radius 3 is 2.45 bits per heavy atom. The maximum absolute atomic E-state index is 12.1. The number of amides is 1. The van der Waals surface area contributed by atoms with E-state index in [9.17, 15) is 18.0 Å². The second-order valence-electron chi connectivity index (χ2n) is 5.49. The zero-order valence-electron chi connectivity index (χ0n) is 12.1. The zero-order chi connectivity index (χ0) is 16.5. The highest BCUT2D eigenvalue weighted by molar-refractivity contribution is 7.89. The fraction of sp³-hybridized carbons (Fsp3) is 0.429. The summed E-state index contributed by atoms with van der Waals surface area (Å²) in [7, 11) is -3.83. The van der Waals surface area contributed by atoms with E-state index in [0.29, 0.717) is 5.56 Å². The summed E-state index contributed by atoms with van der Waals surface area (Å²) < 4.78 is 22.9. The van der Waals surface area contributed by atoms with E-state index >= 15 is 0 Å². The molecule has 1 aliphatic rings. The van der Waals surface area contributed by atoms with Crippen molar-refractivity contribution in [3.63, 3.8) is 0 Å². The van der Waals surface area contributed by atoms with Crippen LogP contribution in [0.15, 0.2) is 24.3 Å². The van der Waals surface area contributed by atoms with Crippen LogP contribution in [0, 0.1) is 6.92 Å². The summed E-state index contributed by atoms with van der Waals surface area (Å²) in [5, 5.41) is 13.2. The average molecular weight is 326 g/mol. The second-order valence-corrected chi connectivity index (χ2v) is 7.33. The molecule has 1 fully saturated rings. The average Bonchev–Trinajstić information content (AvgIpc) is 2.79. The van der Waals surface area contributed by atoms with Gasteiger partial charge in [-0.25, -0.2) is 13.6 Å². The number of aryl methyl sites for hydroxylation is 1. The fourth-order valence-corrected chi connectivity index (χ4v) is 3.32. The molecule has 22 heavy (non-hydrogen) atoms. The van der Waals surface area contributed by atoms with E-state index < -0.39 is 33.2 Å². The van der Waals surface area contributed by atoms with E-state index in [4.69, 9.17) is 10.2 Å². The van der Waals surface area contributed by atoms with Crippen molar-refractivity contribution in [1.82, 2.24) is 4.90 Å². The van der Waals surface area contributed by atoms with Crippen molar-refractivity contribution >= 4 is 21.9 Å². The molecular weight excluding hydrogens is 308 g/mol. The third-order valence-corrected chi connectivity index (χ3v) is 5.04. The number of sulfonamides is 1. The Morgan fingerprint density at radius 1 is 1.41 bits per heavy atom. The van der Waals surface area contributed by atoms with Crippen LogP contribution in [0.4, 0.5) is 0 Å². The molecule has 120 valence electrons. The van der Waals surface area contributed by atoms with Gasteiger partial charge in [0.05, 0.1) is 12.5 Å². The molecule has 2 unspecified atom stereocenters. The lowest BCUT2D eigenvalue weighted by Gasteiger charge is -2.27. The summed E-state index contributed by atoms with van der Waals surface area (Å²) in [6.45, 7) is 1.82. The van der Waals surface area contributed by atoms with Crippen LogP contribution in [-0.2, 0) is 19.6 Å². The maximum Gasteiger partial charge on any atom is 0.305 e. The van der Waals surface area contributed by atoms with Crippen molar-refractivity contribution in [3.8, 4) is 0 Å². The summed E-state index contributed by atoms with van der Waals surface area (Å²) >= 11 is 0. The summed E-state index contributed by atoms with van der Waals surface area (Å²) in [4.78, 5) is 24.5. The molecule has 1 aromatic carbocycles. The van der Waals surface area contributed by atoms with Crippen molar-refractivity contribution in [1.29, 1.82) is 0 Å². The van der Waals surface area contributed by atoms with Gasteiger partial charge in [0.15, 0.2) is 0 Å². The van der Waals surface area contributed by atoms with Gasteiger partial charge in [-0.05, 0) is 12.5 Å². The molecular formula is C14H18N2O5S. The van der Waals surface area contributed by atoms with E-state index in [1.165, 1.54) is 4.90 Å². The first-order valence-corrected chi connectivity index (χ1v) is 8.39. The third kappa shape index (κ3) is 3.63. The van der Waals surface area contributed by atoms with Gasteiger partial charge in [-0.15, -0.1) is 0 Å². The number of hydrogen-bond donors (Lipinski definition) is 2. The molecule has 0 bridgehead atoms. The molecule has 3 N–H and O–H groups in total. The summed E-state index contributed by atoms with van der Waals surface area (Å²) in [5.41, 5.74) is 1.67. The Labute approximate surface area is 128 Å². The van der Waals surface area contributed by atoms with Crippen molar-refractivity contribution in [2.24, 2.45) is 5.14 Å². The minimum Gasteiger partial charge on any atom is -0.481 e. The standard InChI is InChI=1S/C14H18N2O5S/c1-9-2-4-10(5-3-9)12(7-14(18)19)16-8-11(6-13(16)17)22(15,20)21/h2-5,11-12H,6-8H2,1H3,(H,18,19)(H2,15,20,21). The highest BCUT2D eigenvalue weighted by atomic mass is 32.2. The van der Waals surface area contributed by atoms with Crippen molar-refractivity contribution in [2.45, 2.75) is 31.1 Å². The van der Waals surface area contributed by atoms with Crippen molar-refractivity contribution < 1.29 is 23.1 Å². The topological polar surface area (TPSA) is 118 Å². The number of aliphatic carboxylic acids is 1. The van der Waals surface area contributed by atoms with E-state index in [1.54, 1.807) is 12.1 Å². The van der Waals surface area contributed by atoms with E-state index in [0.717, 1.165) is 5.56 Å². The zero-order valence-corrected chi connectivity index (χ0v) is 12.9. The quantitative estimate of drug-likeness (QED) is 0.812. The number of carboxylic acids is 1. The minimum absolute atomic E-state index is 0.0799. The van der Waals surface area contributed by atoms with Gasteiger partial charge in [-0.3, -0.25) is 9.59 Å². The highest BCUT2D eigenvalue weighted by Gasteiger charge is 2.40. The summed E-state index contributed by atoms with van der Waals surface area (Å²) in [6, 6.07) is 6.45. The van der Waals surface area contributed by atoms with Crippen LogP contribution < -0.4 is 5.14 Å². The summed E-state index contributed by atoms with van der Waals surface area (Å²) in [6.07, 6.45) is -0.493. The summed E-state index contributed by atoms with van der Waals surface area (Å²) in [5.74, 6) is -1.46. The molecule has 0 radical (unpaired) electrons. The van der Waals surface area contributed by atoms with Crippen LogP contribution in [0.5, 0.6) is 0 Å². The largest absolute Gasteiger partial charge is 0.481 e. The first-order valence-electron chi connectivity index (χ1n) is 6.78. The van der Waals surface area contributed by atoms with Crippen LogP contribution in [0.25, 0.3) is 0 Å². The van der Waals surface area contributed by atoms with Gasteiger partial charge in [0.1, 0.15) is 5.25 Å². The maximum atomic E-state index is 12.1. The van der Waals surface area contributed by atoms with Gasteiger partial charge in [0.2, 0.25) is 15.9 Å². The number of nitrogens with zero attached hydrogens (tertiary/aromatic N) is 1. The minimum atomic E-state index is -3.83. The van der Waals surface area contributed by atoms with Crippen LogP contribution in [0.3, 0.4) is 0 Å². The van der Waals surface area contributed by atoms with E-state index in [1.807, 2.05) is 19.1 Å². The normalized spacial score (nSPS) is 20.2. The molecule has 7 nitrogen and oxygen atoms in total. The number of likely N-dealkylation sites (tertiary alicyclic amines) is 1. The molecule has 0 saturated carbocycles. The molecule has 2 atom stereocenters. The molecule has 1 saturated heterocycles. The Hall–Kier alpha value is -1.93. The van der Waals surface area contributed by atoms with E-state index in [2.05, 4.69) is 0 Å². The lowest BCUT2D eigenvalue weighted by atomic mass is 10.0. The smallest absolute Gasteiger partial charge is 0.305 e. The van der Waals surface area contributed by atoms with Crippen LogP contribution in [0.2, 0.25) is 0 Å². The molecule has 0 spiro atoms. The van der Waals surface area contributed by atoms with E-state index in [-0.39, 0.29) is 19.4 Å². The van der Waals surface area contributed by atoms with Gasteiger partial charge in [-0.2, -0.15) is 0 Å². The lowest BCUT2D eigenvalue weighted by molar-refractivity contribution is -0.139. The Kier molecular flexibility index (Phi) is 4.52. The van der Waals surface area contributed by atoms with Gasteiger partial charge >= 0.3 is 5.97 Å². The first-order chi connectivity index (χ1) is 10.2. The molecule has 1 aromatic rings. The molecule has 0 aromatic heterocycles. The van der Waals surface area contributed by atoms with Gasteiger partial charge in [0, 0.05) is 13.0 Å². The number of hydrogen-bond acceptors (Lipinski definition) is 4. The molecule has 1 aliphatic heterocycles. The molecule has 2 rings (SSSR count). The second kappa shape index (κ2) is 6.05. The Bertz CT molecular complexity index is 684. The number of carboxylic acid groups (broad SMARTS) is 1. The SMILES string of the molecule is Cc1ccc(C(CC(=O)O)N2CC(S(N)(=O)=O)CC2=O)cc1. The number of nitrogens with two attached hydrogens (primary N) is 1. The monoisotopic (exact) mass is 326 g/mol. The van der Waals surface area contributed by atoms with Gasteiger partial charge in [-0.1, -0.05) is 29.8 Å². The Balaban J connectivity index is 2.32. The molecule has 1 heterocycles. The van der Waals surface area contributed by atoms with Crippen LogP contribution in [-0.4, -0.2) is 42.1 Å². The van der Waals surface area contributed by atoms with Crippen LogP contribution >= 0.6 is 0 Å². The van der Waals surface area contributed by atoms with Crippen molar-refractivity contribution in [2.75, 3.05) is 6.54 Å².